The quantitative estimate of drug-likeness (QED) is 0.720. The number of amides is 1. The fourth-order valence-corrected chi connectivity index (χ4v) is 2.94. The number of carbonyl (C=O) groups is 2. The van der Waals surface area contributed by atoms with Crippen molar-refractivity contribution in [2.75, 3.05) is 19.8 Å². The Morgan fingerprint density at radius 2 is 1.96 bits per heavy atom. The molecule has 5 heteroatoms. The van der Waals surface area contributed by atoms with Gasteiger partial charge in [0.15, 0.2) is 6.61 Å². The second kappa shape index (κ2) is 9.30. The van der Waals surface area contributed by atoms with Crippen molar-refractivity contribution in [3.8, 4) is 5.75 Å². The number of aryl methyl sites for hydroxylation is 1. The summed E-state index contributed by atoms with van der Waals surface area (Å²) < 4.78 is 10.6. The zero-order valence-electron chi connectivity index (χ0n) is 14.6. The third kappa shape index (κ3) is 5.55. The molecule has 1 aromatic carbocycles. The summed E-state index contributed by atoms with van der Waals surface area (Å²) in [5, 5.41) is 0. The summed E-state index contributed by atoms with van der Waals surface area (Å²) in [6.07, 6.45) is 4.32. The molecule has 1 heterocycles. The van der Waals surface area contributed by atoms with Crippen molar-refractivity contribution in [2.24, 2.45) is 0 Å². The molecule has 24 heavy (non-hydrogen) atoms. The van der Waals surface area contributed by atoms with E-state index in [0.29, 0.717) is 0 Å². The van der Waals surface area contributed by atoms with Gasteiger partial charge >= 0.3 is 5.97 Å². The molecule has 0 aliphatic carbocycles. The molecule has 0 spiro atoms. The predicted octanol–water partition coefficient (Wildman–Crippen LogP) is 3.10. The summed E-state index contributed by atoms with van der Waals surface area (Å²) in [5.41, 5.74) is 1.16. The highest BCUT2D eigenvalue weighted by Gasteiger charge is 2.25. The summed E-state index contributed by atoms with van der Waals surface area (Å²) in [5.74, 6) is 0.235. The van der Waals surface area contributed by atoms with Crippen LogP contribution in [0.1, 0.15) is 44.6 Å². The Morgan fingerprint density at radius 3 is 2.67 bits per heavy atom. The molecule has 1 saturated heterocycles. The van der Waals surface area contributed by atoms with E-state index in [0.717, 1.165) is 37.1 Å². The molecule has 1 unspecified atom stereocenters. The van der Waals surface area contributed by atoms with Gasteiger partial charge in [0.2, 0.25) is 0 Å². The van der Waals surface area contributed by atoms with Crippen molar-refractivity contribution >= 4 is 11.9 Å². The monoisotopic (exact) mass is 333 g/mol. The molecular formula is C19H27NO4. The first-order valence-electron chi connectivity index (χ1n) is 8.74. The standard InChI is InChI=1S/C19H27NO4/c1-3-16-6-4-5-12-20(16)18(21)14-24-19(22)11-13-23-17-9-7-15(2)8-10-17/h7-10,16H,3-6,11-14H2,1-2H3. The number of piperidine rings is 1. The molecule has 0 saturated carbocycles. The lowest BCUT2D eigenvalue weighted by Crippen LogP contribution is -2.45. The van der Waals surface area contributed by atoms with E-state index >= 15 is 0 Å². The van der Waals surface area contributed by atoms with Crippen molar-refractivity contribution in [2.45, 2.75) is 52.0 Å². The van der Waals surface area contributed by atoms with Gasteiger partial charge in [0.05, 0.1) is 13.0 Å². The van der Waals surface area contributed by atoms with E-state index in [2.05, 4.69) is 6.92 Å². The first-order chi connectivity index (χ1) is 11.6. The van der Waals surface area contributed by atoms with Gasteiger partial charge in [-0.2, -0.15) is 0 Å². The molecule has 1 atom stereocenters. The highest BCUT2D eigenvalue weighted by Crippen LogP contribution is 2.19. The summed E-state index contributed by atoms with van der Waals surface area (Å²) in [6, 6.07) is 7.93. The fraction of sp³-hybridized carbons (Fsp3) is 0.579. The fourth-order valence-electron chi connectivity index (χ4n) is 2.94. The topological polar surface area (TPSA) is 55.8 Å². The van der Waals surface area contributed by atoms with Crippen molar-refractivity contribution in [1.29, 1.82) is 0 Å². The average molecular weight is 333 g/mol. The van der Waals surface area contributed by atoms with Crippen LogP contribution in [-0.2, 0) is 14.3 Å². The number of carbonyl (C=O) groups excluding carboxylic acids is 2. The van der Waals surface area contributed by atoms with Crippen LogP contribution in [0, 0.1) is 6.92 Å². The summed E-state index contributed by atoms with van der Waals surface area (Å²) in [7, 11) is 0. The maximum Gasteiger partial charge on any atom is 0.309 e. The molecule has 1 aromatic rings. The van der Waals surface area contributed by atoms with Gasteiger partial charge in [-0.15, -0.1) is 0 Å². The van der Waals surface area contributed by atoms with Crippen molar-refractivity contribution < 1.29 is 19.1 Å². The molecule has 1 fully saturated rings. The number of likely N-dealkylation sites (tertiary alicyclic amines) is 1. The van der Waals surface area contributed by atoms with Crippen LogP contribution in [0.25, 0.3) is 0 Å². The molecule has 132 valence electrons. The van der Waals surface area contributed by atoms with Crippen LogP contribution in [0.2, 0.25) is 0 Å². The Balaban J connectivity index is 1.66. The first-order valence-corrected chi connectivity index (χ1v) is 8.74. The molecular weight excluding hydrogens is 306 g/mol. The van der Waals surface area contributed by atoms with Crippen LogP contribution in [0.5, 0.6) is 5.75 Å². The second-order valence-electron chi connectivity index (χ2n) is 6.22. The van der Waals surface area contributed by atoms with Gasteiger partial charge in [-0.25, -0.2) is 0 Å². The van der Waals surface area contributed by atoms with Crippen LogP contribution in [0.15, 0.2) is 24.3 Å². The SMILES string of the molecule is CCC1CCCCN1C(=O)COC(=O)CCOc1ccc(C)cc1. The van der Waals surface area contributed by atoms with E-state index in [1.165, 1.54) is 6.42 Å². The van der Waals surface area contributed by atoms with E-state index in [4.69, 9.17) is 9.47 Å². The minimum Gasteiger partial charge on any atom is -0.493 e. The zero-order valence-corrected chi connectivity index (χ0v) is 14.6. The molecule has 0 radical (unpaired) electrons. The highest BCUT2D eigenvalue weighted by atomic mass is 16.5. The Morgan fingerprint density at radius 1 is 1.21 bits per heavy atom. The van der Waals surface area contributed by atoms with Crippen molar-refractivity contribution in [3.05, 3.63) is 29.8 Å². The van der Waals surface area contributed by atoms with Crippen molar-refractivity contribution in [3.63, 3.8) is 0 Å². The third-order valence-electron chi connectivity index (χ3n) is 4.37. The molecule has 0 N–H and O–H groups in total. The van der Waals surface area contributed by atoms with Crippen LogP contribution >= 0.6 is 0 Å². The van der Waals surface area contributed by atoms with Crippen LogP contribution in [0.3, 0.4) is 0 Å². The molecule has 1 aliphatic heterocycles. The number of nitrogens with zero attached hydrogens (tertiary/aromatic N) is 1. The van der Waals surface area contributed by atoms with E-state index in [-0.39, 0.29) is 31.6 Å². The molecule has 1 amide bonds. The lowest BCUT2D eigenvalue weighted by Gasteiger charge is -2.35. The Kier molecular flexibility index (Phi) is 7.09. The largest absolute Gasteiger partial charge is 0.493 e. The highest BCUT2D eigenvalue weighted by molar-refractivity contribution is 5.81. The van der Waals surface area contributed by atoms with Gasteiger partial charge in [0, 0.05) is 12.6 Å². The molecule has 1 aliphatic rings. The Labute approximate surface area is 143 Å². The van der Waals surface area contributed by atoms with E-state index in [9.17, 15) is 9.59 Å². The average Bonchev–Trinajstić information content (AvgIpc) is 2.61. The minimum atomic E-state index is -0.402. The van der Waals surface area contributed by atoms with E-state index < -0.39 is 5.97 Å². The second-order valence-corrected chi connectivity index (χ2v) is 6.22. The van der Waals surface area contributed by atoms with E-state index in [1.807, 2.05) is 36.1 Å². The number of ether oxygens (including phenoxy) is 2. The van der Waals surface area contributed by atoms with Gasteiger partial charge in [-0.1, -0.05) is 24.6 Å². The number of hydrogen-bond donors (Lipinski definition) is 0. The maximum atomic E-state index is 12.2. The predicted molar refractivity (Wildman–Crippen MR) is 91.9 cm³/mol. The molecule has 5 nitrogen and oxygen atoms in total. The van der Waals surface area contributed by atoms with Crippen LogP contribution in [-0.4, -0.2) is 42.6 Å². The van der Waals surface area contributed by atoms with Gasteiger partial charge in [-0.3, -0.25) is 9.59 Å². The Hall–Kier alpha value is -2.04. The van der Waals surface area contributed by atoms with Gasteiger partial charge in [-0.05, 0) is 44.7 Å². The zero-order chi connectivity index (χ0) is 17.4. The summed E-state index contributed by atoms with van der Waals surface area (Å²) in [4.78, 5) is 25.8. The first kappa shape index (κ1) is 18.3. The smallest absolute Gasteiger partial charge is 0.309 e. The number of hydrogen-bond acceptors (Lipinski definition) is 4. The van der Waals surface area contributed by atoms with E-state index in [1.54, 1.807) is 0 Å². The molecule has 0 aromatic heterocycles. The Bertz CT molecular complexity index is 541. The lowest BCUT2D eigenvalue weighted by molar-refractivity contribution is -0.154. The normalized spacial score (nSPS) is 17.4. The van der Waals surface area contributed by atoms with Gasteiger partial charge in [0.1, 0.15) is 5.75 Å². The summed E-state index contributed by atoms with van der Waals surface area (Å²) >= 11 is 0. The molecule has 0 bridgehead atoms. The number of esters is 1. The van der Waals surface area contributed by atoms with Gasteiger partial charge in [0.25, 0.3) is 5.91 Å². The van der Waals surface area contributed by atoms with Crippen molar-refractivity contribution in [1.82, 2.24) is 4.90 Å². The third-order valence-corrected chi connectivity index (χ3v) is 4.37. The minimum absolute atomic E-state index is 0.0886. The van der Waals surface area contributed by atoms with Crippen LogP contribution < -0.4 is 4.74 Å². The lowest BCUT2D eigenvalue weighted by atomic mass is 10.00. The van der Waals surface area contributed by atoms with Gasteiger partial charge < -0.3 is 14.4 Å². The number of benzene rings is 1. The summed E-state index contributed by atoms with van der Waals surface area (Å²) in [6.45, 7) is 4.94. The van der Waals surface area contributed by atoms with Crippen LogP contribution in [0.4, 0.5) is 0 Å². The maximum absolute atomic E-state index is 12.2. The molecule has 2 rings (SSSR count). The number of rotatable bonds is 7.